The van der Waals surface area contributed by atoms with Crippen LogP contribution in [-0.4, -0.2) is 16.1 Å². The molecule has 2 rings (SSSR count). The van der Waals surface area contributed by atoms with Crippen molar-refractivity contribution < 1.29 is 4.79 Å². The van der Waals surface area contributed by atoms with Crippen molar-refractivity contribution in [2.24, 2.45) is 0 Å². The number of nitrogens with one attached hydrogen (secondary N) is 2. The normalized spacial score (nSPS) is 10.3. The van der Waals surface area contributed by atoms with Crippen molar-refractivity contribution in [1.82, 2.24) is 10.2 Å². The van der Waals surface area contributed by atoms with Crippen LogP contribution in [0.3, 0.4) is 0 Å². The van der Waals surface area contributed by atoms with Gasteiger partial charge in [-0.25, -0.2) is 0 Å². The lowest BCUT2D eigenvalue weighted by atomic mass is 10.1. The van der Waals surface area contributed by atoms with E-state index in [-0.39, 0.29) is 5.91 Å². The largest absolute Gasteiger partial charge is 0.323 e. The zero-order valence-electron chi connectivity index (χ0n) is 10.4. The highest BCUT2D eigenvalue weighted by Crippen LogP contribution is 2.08. The Kier molecular flexibility index (Phi) is 4.12. The molecule has 0 unspecified atom stereocenters. The number of carbonyl (C=O) groups excluding carboxylic acids is 1. The van der Waals surface area contributed by atoms with Gasteiger partial charge in [0.05, 0.1) is 11.9 Å². The Bertz CT molecular complexity index is 488. The number of H-pyrrole nitrogens is 1. The third-order valence-electron chi connectivity index (χ3n) is 2.85. The van der Waals surface area contributed by atoms with Crippen LogP contribution in [0.4, 0.5) is 5.69 Å². The number of aromatic nitrogens is 2. The van der Waals surface area contributed by atoms with E-state index in [1.54, 1.807) is 12.4 Å². The fraction of sp³-hybridized carbons (Fsp3) is 0.286. The van der Waals surface area contributed by atoms with Crippen LogP contribution in [0.25, 0.3) is 0 Å². The molecule has 2 aromatic rings. The van der Waals surface area contributed by atoms with Crippen molar-refractivity contribution in [2.45, 2.75) is 26.2 Å². The van der Waals surface area contributed by atoms with Gasteiger partial charge in [0.1, 0.15) is 0 Å². The first-order valence-corrected chi connectivity index (χ1v) is 6.14. The van der Waals surface area contributed by atoms with E-state index >= 15 is 0 Å². The fourth-order valence-corrected chi connectivity index (χ4v) is 1.74. The number of anilines is 1. The molecule has 0 aliphatic rings. The summed E-state index contributed by atoms with van der Waals surface area (Å²) in [6.45, 7) is 2.13. The second-order valence-electron chi connectivity index (χ2n) is 4.21. The molecule has 0 atom stereocenters. The highest BCUT2D eigenvalue weighted by molar-refractivity contribution is 5.90. The molecule has 0 fully saturated rings. The van der Waals surface area contributed by atoms with Gasteiger partial charge in [-0.2, -0.15) is 5.10 Å². The number of aryl methyl sites for hydroxylation is 2. The highest BCUT2D eigenvalue weighted by Gasteiger charge is 2.03. The number of nitrogens with zero attached hydrogens (tertiary/aromatic N) is 1. The molecule has 0 radical (unpaired) electrons. The quantitative estimate of drug-likeness (QED) is 0.847. The maximum Gasteiger partial charge on any atom is 0.224 e. The molecule has 94 valence electrons. The van der Waals surface area contributed by atoms with Gasteiger partial charge in [-0.3, -0.25) is 9.89 Å². The van der Waals surface area contributed by atoms with Crippen molar-refractivity contribution in [3.05, 3.63) is 47.8 Å². The minimum Gasteiger partial charge on any atom is -0.323 e. The van der Waals surface area contributed by atoms with Gasteiger partial charge in [-0.05, 0) is 24.0 Å². The number of benzene rings is 1. The predicted octanol–water partition coefficient (Wildman–Crippen LogP) is 2.54. The molecule has 0 bridgehead atoms. The topological polar surface area (TPSA) is 57.8 Å². The zero-order valence-corrected chi connectivity index (χ0v) is 10.4. The Hall–Kier alpha value is -2.10. The Balaban J connectivity index is 1.81. The number of amides is 1. The van der Waals surface area contributed by atoms with Crippen LogP contribution < -0.4 is 5.32 Å². The van der Waals surface area contributed by atoms with Gasteiger partial charge in [0.2, 0.25) is 5.91 Å². The minimum absolute atomic E-state index is 0.0102. The van der Waals surface area contributed by atoms with Gasteiger partial charge in [0.25, 0.3) is 0 Å². The molecule has 4 nitrogen and oxygen atoms in total. The summed E-state index contributed by atoms with van der Waals surface area (Å²) in [4.78, 5) is 11.7. The van der Waals surface area contributed by atoms with Crippen LogP contribution in [0, 0.1) is 0 Å². The van der Waals surface area contributed by atoms with Crippen molar-refractivity contribution in [3.8, 4) is 0 Å². The first-order chi connectivity index (χ1) is 8.78. The first kappa shape index (κ1) is 12.4. The Morgan fingerprint density at radius 1 is 1.28 bits per heavy atom. The molecule has 1 aromatic carbocycles. The summed E-state index contributed by atoms with van der Waals surface area (Å²) in [7, 11) is 0. The summed E-state index contributed by atoms with van der Waals surface area (Å²) in [6, 6.07) is 8.40. The van der Waals surface area contributed by atoms with Gasteiger partial charge >= 0.3 is 0 Å². The van der Waals surface area contributed by atoms with Crippen molar-refractivity contribution >= 4 is 11.6 Å². The summed E-state index contributed by atoms with van der Waals surface area (Å²) >= 11 is 0. The maximum absolute atomic E-state index is 11.7. The number of hydrogen-bond acceptors (Lipinski definition) is 2. The zero-order chi connectivity index (χ0) is 12.8. The molecular weight excluding hydrogens is 226 g/mol. The molecule has 18 heavy (non-hydrogen) atoms. The molecule has 0 aliphatic carbocycles. The minimum atomic E-state index is 0.0102. The Labute approximate surface area is 106 Å². The molecular formula is C14H17N3O. The summed E-state index contributed by atoms with van der Waals surface area (Å²) < 4.78 is 0. The number of rotatable bonds is 5. The van der Waals surface area contributed by atoms with E-state index in [1.165, 1.54) is 11.1 Å². The van der Waals surface area contributed by atoms with Crippen LogP contribution in [0.2, 0.25) is 0 Å². The van der Waals surface area contributed by atoms with Crippen LogP contribution >= 0.6 is 0 Å². The average molecular weight is 243 g/mol. The highest BCUT2D eigenvalue weighted by atomic mass is 16.1. The van der Waals surface area contributed by atoms with E-state index in [2.05, 4.69) is 46.7 Å². The fourth-order valence-electron chi connectivity index (χ4n) is 1.74. The van der Waals surface area contributed by atoms with Crippen molar-refractivity contribution in [2.75, 3.05) is 5.32 Å². The summed E-state index contributed by atoms with van der Waals surface area (Å²) in [5.74, 6) is 0.0102. The predicted molar refractivity (Wildman–Crippen MR) is 71.4 cm³/mol. The summed E-state index contributed by atoms with van der Waals surface area (Å²) in [5.41, 5.74) is 3.22. The van der Waals surface area contributed by atoms with E-state index in [4.69, 9.17) is 0 Å². The van der Waals surface area contributed by atoms with Gasteiger partial charge in [-0.1, -0.05) is 31.2 Å². The molecule has 0 saturated heterocycles. The second kappa shape index (κ2) is 6.00. The lowest BCUT2D eigenvalue weighted by molar-refractivity contribution is -0.116. The number of aromatic amines is 1. The second-order valence-corrected chi connectivity index (χ2v) is 4.21. The van der Waals surface area contributed by atoms with E-state index in [0.29, 0.717) is 12.1 Å². The van der Waals surface area contributed by atoms with Crippen LogP contribution in [0.1, 0.15) is 24.5 Å². The lowest BCUT2D eigenvalue weighted by Gasteiger charge is -2.03. The van der Waals surface area contributed by atoms with Gasteiger partial charge in [0, 0.05) is 12.6 Å². The molecule has 1 aromatic heterocycles. The first-order valence-electron chi connectivity index (χ1n) is 6.14. The van der Waals surface area contributed by atoms with E-state index in [0.717, 1.165) is 12.8 Å². The summed E-state index contributed by atoms with van der Waals surface area (Å²) in [6.07, 6.45) is 5.54. The third kappa shape index (κ3) is 3.45. The molecule has 2 N–H and O–H groups in total. The van der Waals surface area contributed by atoms with Crippen molar-refractivity contribution in [1.29, 1.82) is 0 Å². The van der Waals surface area contributed by atoms with Crippen molar-refractivity contribution in [3.63, 3.8) is 0 Å². The Morgan fingerprint density at radius 2 is 2.00 bits per heavy atom. The molecule has 1 amide bonds. The lowest BCUT2D eigenvalue weighted by Crippen LogP contribution is -2.11. The van der Waals surface area contributed by atoms with Crippen LogP contribution in [0.15, 0.2) is 36.7 Å². The smallest absolute Gasteiger partial charge is 0.224 e. The third-order valence-corrected chi connectivity index (χ3v) is 2.85. The Morgan fingerprint density at radius 3 is 2.61 bits per heavy atom. The maximum atomic E-state index is 11.7. The molecule has 0 aliphatic heterocycles. The average Bonchev–Trinajstić information content (AvgIpc) is 2.90. The van der Waals surface area contributed by atoms with E-state index in [1.807, 2.05) is 0 Å². The number of hydrogen-bond donors (Lipinski definition) is 2. The molecule has 4 heteroatoms. The van der Waals surface area contributed by atoms with Crippen LogP contribution in [-0.2, 0) is 17.6 Å². The standard InChI is InChI=1S/C14H17N3O/c1-2-11-3-5-12(6-4-11)7-8-14(18)17-13-9-15-16-10-13/h3-6,9-10H,2,7-8H2,1H3,(H,15,16)(H,17,18). The van der Waals surface area contributed by atoms with Gasteiger partial charge < -0.3 is 5.32 Å². The van der Waals surface area contributed by atoms with Gasteiger partial charge in [-0.15, -0.1) is 0 Å². The molecule has 0 saturated carbocycles. The van der Waals surface area contributed by atoms with E-state index in [9.17, 15) is 4.79 Å². The molecule has 1 heterocycles. The molecule has 0 spiro atoms. The summed E-state index contributed by atoms with van der Waals surface area (Å²) in [5, 5.41) is 9.21. The monoisotopic (exact) mass is 243 g/mol. The van der Waals surface area contributed by atoms with E-state index < -0.39 is 0 Å². The SMILES string of the molecule is CCc1ccc(CCC(=O)Nc2cn[nH]c2)cc1. The van der Waals surface area contributed by atoms with Crippen LogP contribution in [0.5, 0.6) is 0 Å². The van der Waals surface area contributed by atoms with Gasteiger partial charge in [0.15, 0.2) is 0 Å². The number of carbonyl (C=O) groups is 1.